The molecule has 0 bridgehead atoms. The molecule has 0 aliphatic carbocycles. The standard InChI is InChI=1S/C19H16N2O4/c1-25-18(24)19-12-11-16(22)21(19)15-10-6-5-9-14(15)17(23)20(19)13-7-3-2-4-8-13/h2-10H,11-12H2,1H3/t19-/m0/s1. The van der Waals surface area contributed by atoms with Gasteiger partial charge in [0.25, 0.3) is 5.91 Å². The lowest BCUT2D eigenvalue weighted by Crippen LogP contribution is -2.68. The third kappa shape index (κ3) is 1.94. The van der Waals surface area contributed by atoms with Crippen LogP contribution in [0.3, 0.4) is 0 Å². The predicted octanol–water partition coefficient (Wildman–Crippen LogP) is 2.34. The fraction of sp³-hybridized carbons (Fsp3) is 0.211. The van der Waals surface area contributed by atoms with Crippen LogP contribution in [0.2, 0.25) is 0 Å². The van der Waals surface area contributed by atoms with Gasteiger partial charge in [0.15, 0.2) is 0 Å². The van der Waals surface area contributed by atoms with E-state index in [-0.39, 0.29) is 24.7 Å². The Balaban J connectivity index is 2.04. The molecule has 6 heteroatoms. The first-order valence-electron chi connectivity index (χ1n) is 8.01. The molecule has 2 aliphatic heterocycles. The second-order valence-electron chi connectivity index (χ2n) is 6.03. The van der Waals surface area contributed by atoms with Crippen molar-refractivity contribution >= 4 is 29.2 Å². The number of carbonyl (C=O) groups excluding carboxylic acids is 3. The van der Waals surface area contributed by atoms with Crippen LogP contribution in [-0.2, 0) is 14.3 Å². The number of benzene rings is 2. The van der Waals surface area contributed by atoms with Gasteiger partial charge in [0.2, 0.25) is 11.6 Å². The zero-order valence-corrected chi connectivity index (χ0v) is 13.6. The van der Waals surface area contributed by atoms with E-state index in [1.165, 1.54) is 16.9 Å². The molecule has 1 saturated heterocycles. The Kier molecular flexibility index (Phi) is 3.35. The lowest BCUT2D eigenvalue weighted by Gasteiger charge is -2.48. The van der Waals surface area contributed by atoms with Crippen molar-refractivity contribution in [2.75, 3.05) is 16.9 Å². The summed E-state index contributed by atoms with van der Waals surface area (Å²) in [4.78, 5) is 41.6. The number of fused-ring (bicyclic) bond motifs is 3. The molecule has 0 N–H and O–H groups in total. The highest BCUT2D eigenvalue weighted by molar-refractivity contribution is 6.22. The summed E-state index contributed by atoms with van der Waals surface area (Å²) in [5.41, 5.74) is -0.0978. The highest BCUT2D eigenvalue weighted by Crippen LogP contribution is 2.46. The van der Waals surface area contributed by atoms with Crippen molar-refractivity contribution in [3.05, 3.63) is 60.2 Å². The average Bonchev–Trinajstić information content (AvgIpc) is 3.00. The molecule has 6 nitrogen and oxygen atoms in total. The van der Waals surface area contributed by atoms with Gasteiger partial charge in [-0.05, 0) is 24.3 Å². The summed E-state index contributed by atoms with van der Waals surface area (Å²) < 4.78 is 5.03. The molecule has 2 heterocycles. The number of carbonyl (C=O) groups is 3. The molecule has 0 spiro atoms. The van der Waals surface area contributed by atoms with Gasteiger partial charge in [-0.3, -0.25) is 19.4 Å². The number of nitrogens with zero attached hydrogens (tertiary/aromatic N) is 2. The monoisotopic (exact) mass is 336 g/mol. The topological polar surface area (TPSA) is 66.9 Å². The van der Waals surface area contributed by atoms with Gasteiger partial charge < -0.3 is 4.74 Å². The quantitative estimate of drug-likeness (QED) is 0.790. The number of esters is 1. The van der Waals surface area contributed by atoms with Gasteiger partial charge in [-0.25, -0.2) is 4.79 Å². The molecule has 2 amide bonds. The SMILES string of the molecule is COC(=O)[C@]12CCC(=O)N1c1ccccc1C(=O)N2c1ccccc1. The number of anilines is 2. The number of para-hydroxylation sites is 2. The van der Waals surface area contributed by atoms with Crippen LogP contribution >= 0.6 is 0 Å². The highest BCUT2D eigenvalue weighted by Gasteiger charge is 2.62. The summed E-state index contributed by atoms with van der Waals surface area (Å²) >= 11 is 0. The first-order valence-corrected chi connectivity index (χ1v) is 8.01. The molecular weight excluding hydrogens is 320 g/mol. The third-order valence-corrected chi connectivity index (χ3v) is 4.78. The van der Waals surface area contributed by atoms with Crippen molar-refractivity contribution in [2.24, 2.45) is 0 Å². The Morgan fingerprint density at radius 3 is 2.40 bits per heavy atom. The molecule has 25 heavy (non-hydrogen) atoms. The maximum absolute atomic E-state index is 13.3. The Morgan fingerprint density at radius 2 is 1.68 bits per heavy atom. The van der Waals surface area contributed by atoms with E-state index in [9.17, 15) is 14.4 Å². The smallest absolute Gasteiger partial charge is 0.353 e. The van der Waals surface area contributed by atoms with E-state index < -0.39 is 11.6 Å². The summed E-state index contributed by atoms with van der Waals surface area (Å²) in [6, 6.07) is 15.7. The number of rotatable bonds is 2. The van der Waals surface area contributed by atoms with Crippen molar-refractivity contribution in [3.63, 3.8) is 0 Å². The van der Waals surface area contributed by atoms with Crippen molar-refractivity contribution in [1.82, 2.24) is 0 Å². The maximum Gasteiger partial charge on any atom is 0.353 e. The van der Waals surface area contributed by atoms with Crippen LogP contribution in [0, 0.1) is 0 Å². The van der Waals surface area contributed by atoms with Crippen molar-refractivity contribution < 1.29 is 19.1 Å². The molecule has 2 aromatic carbocycles. The second-order valence-corrected chi connectivity index (χ2v) is 6.03. The summed E-state index contributed by atoms with van der Waals surface area (Å²) in [5, 5.41) is 0. The molecule has 0 saturated carbocycles. The molecule has 126 valence electrons. The zero-order chi connectivity index (χ0) is 17.6. The van der Waals surface area contributed by atoms with Crippen LogP contribution in [0.15, 0.2) is 54.6 Å². The Bertz CT molecular complexity index is 880. The van der Waals surface area contributed by atoms with Crippen LogP contribution in [-0.4, -0.2) is 30.6 Å². The summed E-state index contributed by atoms with van der Waals surface area (Å²) in [6.45, 7) is 0. The number of methoxy groups -OCH3 is 1. The lowest BCUT2D eigenvalue weighted by molar-refractivity contribution is -0.147. The van der Waals surface area contributed by atoms with E-state index in [2.05, 4.69) is 0 Å². The van der Waals surface area contributed by atoms with Crippen LogP contribution in [0.5, 0.6) is 0 Å². The van der Waals surface area contributed by atoms with Gasteiger partial charge in [0.1, 0.15) is 0 Å². The molecule has 0 unspecified atom stereocenters. The number of hydrogen-bond donors (Lipinski definition) is 0. The number of ether oxygens (including phenoxy) is 1. The Morgan fingerprint density at radius 1 is 1.00 bits per heavy atom. The zero-order valence-electron chi connectivity index (χ0n) is 13.6. The normalized spacial score (nSPS) is 21.8. The summed E-state index contributed by atoms with van der Waals surface area (Å²) in [6.07, 6.45) is 0.355. The minimum absolute atomic E-state index is 0.167. The van der Waals surface area contributed by atoms with Crippen molar-refractivity contribution in [1.29, 1.82) is 0 Å². The van der Waals surface area contributed by atoms with Gasteiger partial charge in [0.05, 0.1) is 18.4 Å². The van der Waals surface area contributed by atoms with Gasteiger partial charge >= 0.3 is 5.97 Å². The van der Waals surface area contributed by atoms with E-state index in [4.69, 9.17) is 4.74 Å². The minimum Gasteiger partial charge on any atom is -0.466 e. The average molecular weight is 336 g/mol. The molecular formula is C19H16N2O4. The van der Waals surface area contributed by atoms with E-state index >= 15 is 0 Å². The molecule has 1 atom stereocenters. The van der Waals surface area contributed by atoms with Gasteiger partial charge in [-0.1, -0.05) is 30.3 Å². The van der Waals surface area contributed by atoms with Crippen molar-refractivity contribution in [2.45, 2.75) is 18.5 Å². The van der Waals surface area contributed by atoms with E-state index in [0.717, 1.165) is 0 Å². The van der Waals surface area contributed by atoms with Crippen LogP contribution in [0.1, 0.15) is 23.2 Å². The van der Waals surface area contributed by atoms with Gasteiger partial charge in [0, 0.05) is 18.5 Å². The number of amides is 2. The Labute approximate surface area is 144 Å². The number of hydrogen-bond acceptors (Lipinski definition) is 4. The molecule has 0 aromatic heterocycles. The lowest BCUT2D eigenvalue weighted by atomic mass is 9.95. The molecule has 2 aliphatic rings. The van der Waals surface area contributed by atoms with E-state index in [1.54, 1.807) is 48.5 Å². The van der Waals surface area contributed by atoms with Crippen LogP contribution in [0.25, 0.3) is 0 Å². The van der Waals surface area contributed by atoms with Gasteiger partial charge in [-0.2, -0.15) is 0 Å². The molecule has 0 radical (unpaired) electrons. The predicted molar refractivity (Wildman–Crippen MR) is 91.2 cm³/mol. The third-order valence-electron chi connectivity index (χ3n) is 4.78. The minimum atomic E-state index is -1.49. The molecule has 1 fully saturated rings. The molecule has 4 rings (SSSR count). The summed E-state index contributed by atoms with van der Waals surface area (Å²) in [5.74, 6) is -1.14. The first-order chi connectivity index (χ1) is 12.1. The Hall–Kier alpha value is -3.15. The highest BCUT2D eigenvalue weighted by atomic mass is 16.5. The van der Waals surface area contributed by atoms with Gasteiger partial charge in [-0.15, -0.1) is 0 Å². The van der Waals surface area contributed by atoms with E-state index in [1.807, 2.05) is 6.07 Å². The van der Waals surface area contributed by atoms with Crippen LogP contribution < -0.4 is 9.80 Å². The fourth-order valence-electron chi connectivity index (χ4n) is 3.75. The fourth-order valence-corrected chi connectivity index (χ4v) is 3.75. The first kappa shape index (κ1) is 15.4. The summed E-state index contributed by atoms with van der Waals surface area (Å²) in [7, 11) is 1.27. The van der Waals surface area contributed by atoms with Crippen molar-refractivity contribution in [3.8, 4) is 0 Å². The second kappa shape index (κ2) is 5.44. The maximum atomic E-state index is 13.3. The van der Waals surface area contributed by atoms with Crippen LogP contribution in [0.4, 0.5) is 11.4 Å². The molecule has 2 aromatic rings. The van der Waals surface area contributed by atoms with E-state index in [0.29, 0.717) is 16.9 Å². The largest absolute Gasteiger partial charge is 0.466 e.